The number of hydrogen-bond donors (Lipinski definition) is 1. The molecule has 4 nitrogen and oxygen atoms in total. The van der Waals surface area contributed by atoms with Gasteiger partial charge in [-0.25, -0.2) is 18.0 Å². The van der Waals surface area contributed by atoms with E-state index < -0.39 is 23.3 Å². The van der Waals surface area contributed by atoms with E-state index in [0.29, 0.717) is 37.1 Å². The molecule has 190 valence electrons. The van der Waals surface area contributed by atoms with Gasteiger partial charge < -0.3 is 15.0 Å². The summed E-state index contributed by atoms with van der Waals surface area (Å²) in [5, 5.41) is 3.36. The van der Waals surface area contributed by atoms with Gasteiger partial charge in [0.1, 0.15) is 23.1 Å². The third kappa shape index (κ3) is 5.57. The van der Waals surface area contributed by atoms with Gasteiger partial charge in [0.25, 0.3) is 0 Å². The van der Waals surface area contributed by atoms with E-state index in [9.17, 15) is 18.0 Å². The molecule has 2 atom stereocenters. The maximum atomic E-state index is 14.2. The zero-order valence-electron chi connectivity index (χ0n) is 20.6. The molecule has 0 unspecified atom stereocenters. The van der Waals surface area contributed by atoms with Gasteiger partial charge in [-0.2, -0.15) is 0 Å². The number of rotatable bonds is 9. The first-order chi connectivity index (χ1) is 17.3. The second-order valence-corrected chi connectivity index (χ2v) is 9.23. The number of benzene rings is 3. The predicted octanol–water partition coefficient (Wildman–Crippen LogP) is 6.96. The summed E-state index contributed by atoms with van der Waals surface area (Å²) in [4.78, 5) is 14.9. The first-order valence-electron chi connectivity index (χ1n) is 12.3. The second-order valence-electron chi connectivity index (χ2n) is 9.23. The second kappa shape index (κ2) is 11.2. The quantitative estimate of drug-likeness (QED) is 0.326. The van der Waals surface area contributed by atoms with Crippen molar-refractivity contribution in [1.82, 2.24) is 10.2 Å². The number of hydrogen-bond acceptors (Lipinski definition) is 3. The van der Waals surface area contributed by atoms with E-state index in [4.69, 9.17) is 4.74 Å². The lowest BCUT2D eigenvalue weighted by atomic mass is 9.85. The van der Waals surface area contributed by atoms with Gasteiger partial charge in [0.15, 0.2) is 0 Å². The van der Waals surface area contributed by atoms with Crippen molar-refractivity contribution in [2.45, 2.75) is 44.8 Å². The van der Waals surface area contributed by atoms with Gasteiger partial charge in [-0.1, -0.05) is 43.3 Å². The number of ether oxygens (including phenoxy) is 1. The van der Waals surface area contributed by atoms with E-state index in [1.807, 2.05) is 19.1 Å². The molecule has 1 saturated heterocycles. The van der Waals surface area contributed by atoms with Gasteiger partial charge in [0.2, 0.25) is 0 Å². The van der Waals surface area contributed by atoms with Crippen LogP contribution in [-0.2, 0) is 10.3 Å². The van der Waals surface area contributed by atoms with E-state index in [1.165, 1.54) is 24.3 Å². The van der Waals surface area contributed by atoms with E-state index in [0.717, 1.165) is 30.2 Å². The van der Waals surface area contributed by atoms with Crippen molar-refractivity contribution in [2.24, 2.45) is 0 Å². The summed E-state index contributed by atoms with van der Waals surface area (Å²) in [5.74, 6) is -1.58. The Morgan fingerprint density at radius 1 is 0.972 bits per heavy atom. The summed E-state index contributed by atoms with van der Waals surface area (Å²) >= 11 is 0. The summed E-state index contributed by atoms with van der Waals surface area (Å²) in [6, 6.07) is 16.6. The van der Waals surface area contributed by atoms with Gasteiger partial charge in [-0.15, -0.1) is 0 Å². The Hall–Kier alpha value is -3.32. The minimum Gasteiger partial charge on any atom is -0.438 e. The molecule has 7 heteroatoms. The number of cyclic esters (lactones) is 1. The molecule has 0 aromatic heterocycles. The standard InChI is InChI=1S/C29H31F3N2O2/c1-3-16-33-17-14-29(23-8-10-24(30)11-9-23)15-18-34(28(35)36-29)20(2)21-4-6-22(7-5-21)26-13-12-25(31)19-27(26)32/h4-13,19-20,33H,3,14-18H2,1-2H3/t20-,29+/m0/s1. The first-order valence-corrected chi connectivity index (χ1v) is 12.3. The van der Waals surface area contributed by atoms with Crippen LogP contribution in [0, 0.1) is 17.5 Å². The van der Waals surface area contributed by atoms with Crippen molar-refractivity contribution < 1.29 is 22.7 Å². The molecule has 1 heterocycles. The van der Waals surface area contributed by atoms with Gasteiger partial charge in [0, 0.05) is 31.0 Å². The van der Waals surface area contributed by atoms with Gasteiger partial charge in [0.05, 0.1) is 6.04 Å². The van der Waals surface area contributed by atoms with E-state index >= 15 is 0 Å². The van der Waals surface area contributed by atoms with Crippen LogP contribution in [0.15, 0.2) is 66.7 Å². The fraction of sp³-hybridized carbons (Fsp3) is 0.345. The van der Waals surface area contributed by atoms with Gasteiger partial charge in [-0.05, 0) is 67.4 Å². The van der Waals surface area contributed by atoms with E-state index in [2.05, 4.69) is 12.2 Å². The summed E-state index contributed by atoms with van der Waals surface area (Å²) in [5.41, 5.74) is 1.77. The predicted molar refractivity (Wildman–Crippen MR) is 134 cm³/mol. The van der Waals surface area contributed by atoms with Gasteiger partial charge >= 0.3 is 6.09 Å². The molecule has 3 aromatic rings. The molecule has 0 saturated carbocycles. The molecule has 4 rings (SSSR count). The normalized spacial score (nSPS) is 18.7. The summed E-state index contributed by atoms with van der Waals surface area (Å²) in [6.07, 6.45) is 1.73. The first kappa shape index (κ1) is 25.8. The van der Waals surface area contributed by atoms with Gasteiger partial charge in [-0.3, -0.25) is 0 Å². The molecule has 1 aliphatic rings. The Balaban J connectivity index is 1.50. The number of amides is 1. The van der Waals surface area contributed by atoms with Crippen LogP contribution in [0.5, 0.6) is 0 Å². The molecule has 3 aromatic carbocycles. The Kier molecular flexibility index (Phi) is 7.99. The van der Waals surface area contributed by atoms with Crippen molar-refractivity contribution >= 4 is 6.09 Å². The maximum absolute atomic E-state index is 14.2. The highest BCUT2D eigenvalue weighted by Crippen LogP contribution is 2.39. The van der Waals surface area contributed by atoms with Crippen LogP contribution in [-0.4, -0.2) is 30.6 Å². The largest absolute Gasteiger partial charge is 0.438 e. The Morgan fingerprint density at radius 3 is 2.31 bits per heavy atom. The molecule has 0 aliphatic carbocycles. The molecule has 1 fully saturated rings. The molecule has 1 aliphatic heterocycles. The fourth-order valence-electron chi connectivity index (χ4n) is 4.73. The Morgan fingerprint density at radius 2 is 1.67 bits per heavy atom. The van der Waals surface area contributed by atoms with Crippen LogP contribution in [0.25, 0.3) is 11.1 Å². The van der Waals surface area contributed by atoms with Crippen molar-refractivity contribution in [3.8, 4) is 11.1 Å². The lowest BCUT2D eigenvalue weighted by Crippen LogP contribution is -2.49. The van der Waals surface area contributed by atoms with Crippen molar-refractivity contribution in [2.75, 3.05) is 19.6 Å². The number of nitrogens with one attached hydrogen (secondary N) is 1. The number of carbonyl (C=O) groups is 1. The highest BCUT2D eigenvalue weighted by molar-refractivity contribution is 5.70. The molecule has 36 heavy (non-hydrogen) atoms. The van der Waals surface area contributed by atoms with Crippen LogP contribution in [0.4, 0.5) is 18.0 Å². The fourth-order valence-corrected chi connectivity index (χ4v) is 4.73. The molecular formula is C29H31F3N2O2. The third-order valence-corrected chi connectivity index (χ3v) is 6.88. The molecule has 0 radical (unpaired) electrons. The Labute approximate surface area is 210 Å². The minimum atomic E-state index is -0.828. The molecular weight excluding hydrogens is 465 g/mol. The molecule has 0 spiro atoms. The molecule has 1 N–H and O–H groups in total. The maximum Gasteiger partial charge on any atom is 0.411 e. The SMILES string of the molecule is CCCNCC[C@]1(c2ccc(F)cc2)CCN([C@@H](C)c2ccc(-c3ccc(F)cc3F)cc2)C(=O)O1. The lowest BCUT2D eigenvalue weighted by Gasteiger charge is -2.43. The minimum absolute atomic E-state index is 0.269. The molecule has 0 bridgehead atoms. The number of carbonyl (C=O) groups excluding carboxylic acids is 1. The monoisotopic (exact) mass is 496 g/mol. The highest BCUT2D eigenvalue weighted by atomic mass is 19.1. The van der Waals surface area contributed by atoms with Crippen LogP contribution < -0.4 is 5.32 Å². The summed E-state index contributed by atoms with van der Waals surface area (Å²) in [7, 11) is 0. The van der Waals surface area contributed by atoms with Crippen molar-refractivity contribution in [3.63, 3.8) is 0 Å². The molecule has 1 amide bonds. The van der Waals surface area contributed by atoms with E-state index in [1.54, 1.807) is 29.2 Å². The zero-order chi connectivity index (χ0) is 25.7. The van der Waals surface area contributed by atoms with Crippen LogP contribution in [0.1, 0.15) is 50.3 Å². The topological polar surface area (TPSA) is 41.6 Å². The lowest BCUT2D eigenvalue weighted by molar-refractivity contribution is -0.0650. The summed E-state index contributed by atoms with van der Waals surface area (Å²) < 4.78 is 47.1. The number of nitrogens with zero attached hydrogens (tertiary/aromatic N) is 1. The third-order valence-electron chi connectivity index (χ3n) is 6.88. The Bertz CT molecular complexity index is 1180. The average Bonchev–Trinajstić information content (AvgIpc) is 2.87. The zero-order valence-corrected chi connectivity index (χ0v) is 20.6. The number of halogens is 3. The smallest absolute Gasteiger partial charge is 0.411 e. The summed E-state index contributed by atoms with van der Waals surface area (Å²) in [6.45, 7) is 6.02. The van der Waals surface area contributed by atoms with Crippen molar-refractivity contribution in [3.05, 3.63) is 95.3 Å². The van der Waals surface area contributed by atoms with Crippen molar-refractivity contribution in [1.29, 1.82) is 0 Å². The average molecular weight is 497 g/mol. The van der Waals surface area contributed by atoms with E-state index in [-0.39, 0.29) is 11.9 Å². The van der Waals surface area contributed by atoms with Crippen LogP contribution in [0.3, 0.4) is 0 Å². The van der Waals surface area contributed by atoms with Crippen LogP contribution >= 0.6 is 0 Å². The van der Waals surface area contributed by atoms with Crippen LogP contribution in [0.2, 0.25) is 0 Å². The highest BCUT2D eigenvalue weighted by Gasteiger charge is 2.43.